The molecule has 1 aromatic heterocycles. The quantitative estimate of drug-likeness (QED) is 0.737. The normalized spacial score (nSPS) is 11.2. The second kappa shape index (κ2) is 7.30. The number of nitriles is 1. The second-order valence-corrected chi connectivity index (χ2v) is 7.20. The predicted octanol–water partition coefficient (Wildman–Crippen LogP) is 2.28. The largest absolute Gasteiger partial charge is 0.268 e. The van der Waals surface area contributed by atoms with E-state index >= 15 is 0 Å². The fraction of sp³-hybridized carbons (Fsp3) is 0.111. The van der Waals surface area contributed by atoms with Crippen molar-refractivity contribution < 1.29 is 8.42 Å². The molecule has 1 N–H and O–H groups in total. The highest BCUT2D eigenvalue weighted by atomic mass is 32.2. The Kier molecular flexibility index (Phi) is 4.93. The first-order valence-electron chi connectivity index (χ1n) is 7.62. The molecule has 0 amide bonds. The lowest BCUT2D eigenvalue weighted by molar-refractivity contribution is 0.580. The molecule has 0 aliphatic heterocycles. The Bertz CT molecular complexity index is 988. The van der Waals surface area contributed by atoms with Gasteiger partial charge >= 0.3 is 0 Å². The topological polar surface area (TPSA) is 87.8 Å². The predicted molar refractivity (Wildman–Crippen MR) is 93.0 cm³/mol. The molecule has 3 aromatic rings. The molecule has 0 fully saturated rings. The van der Waals surface area contributed by atoms with E-state index in [1.807, 2.05) is 42.6 Å². The Labute approximate surface area is 146 Å². The molecule has 126 valence electrons. The lowest BCUT2D eigenvalue weighted by atomic mass is 10.1. The molecule has 7 heteroatoms. The summed E-state index contributed by atoms with van der Waals surface area (Å²) in [6.07, 6.45) is 3.56. The zero-order chi connectivity index (χ0) is 17.7. The van der Waals surface area contributed by atoms with Gasteiger partial charge in [-0.2, -0.15) is 10.4 Å². The summed E-state index contributed by atoms with van der Waals surface area (Å²) in [6.45, 7) is 0.752. The highest BCUT2D eigenvalue weighted by molar-refractivity contribution is 7.89. The summed E-state index contributed by atoms with van der Waals surface area (Å²) < 4.78 is 29.2. The minimum Gasteiger partial charge on any atom is -0.268 e. The maximum absolute atomic E-state index is 12.4. The van der Waals surface area contributed by atoms with Crippen LogP contribution in [-0.4, -0.2) is 18.2 Å². The van der Waals surface area contributed by atoms with Crippen LogP contribution in [-0.2, 0) is 23.1 Å². The van der Waals surface area contributed by atoms with Crippen molar-refractivity contribution in [1.82, 2.24) is 14.5 Å². The first-order valence-corrected chi connectivity index (χ1v) is 9.11. The van der Waals surface area contributed by atoms with Gasteiger partial charge in [-0.25, -0.2) is 13.1 Å². The Morgan fingerprint density at radius 1 is 1.04 bits per heavy atom. The summed E-state index contributed by atoms with van der Waals surface area (Å²) in [7, 11) is -3.64. The van der Waals surface area contributed by atoms with Crippen LogP contribution >= 0.6 is 0 Å². The average molecular weight is 352 g/mol. The first-order chi connectivity index (χ1) is 12.1. The van der Waals surface area contributed by atoms with Gasteiger partial charge < -0.3 is 0 Å². The van der Waals surface area contributed by atoms with Gasteiger partial charge in [-0.05, 0) is 41.5 Å². The summed E-state index contributed by atoms with van der Waals surface area (Å²) >= 11 is 0. The van der Waals surface area contributed by atoms with Crippen LogP contribution in [0.5, 0.6) is 0 Å². The molecule has 0 saturated carbocycles. The van der Waals surface area contributed by atoms with Crippen LogP contribution in [0.3, 0.4) is 0 Å². The molecular formula is C18H16N4O2S. The number of hydrogen-bond acceptors (Lipinski definition) is 4. The fourth-order valence-corrected chi connectivity index (χ4v) is 3.42. The van der Waals surface area contributed by atoms with Crippen LogP contribution in [0.25, 0.3) is 0 Å². The third kappa shape index (κ3) is 4.12. The van der Waals surface area contributed by atoms with E-state index in [9.17, 15) is 8.42 Å². The summed E-state index contributed by atoms with van der Waals surface area (Å²) in [4.78, 5) is 0.135. The van der Waals surface area contributed by atoms with Gasteiger partial charge in [0.15, 0.2) is 0 Å². The van der Waals surface area contributed by atoms with E-state index in [0.717, 1.165) is 11.1 Å². The SMILES string of the molecule is N#Cc1ccc(S(=O)(=O)NCc2ccccc2Cn2cccn2)cc1. The van der Waals surface area contributed by atoms with Gasteiger partial charge in [0.2, 0.25) is 10.0 Å². The van der Waals surface area contributed by atoms with Crippen molar-refractivity contribution in [3.8, 4) is 6.07 Å². The van der Waals surface area contributed by atoms with E-state index in [4.69, 9.17) is 5.26 Å². The maximum atomic E-state index is 12.4. The molecule has 0 spiro atoms. The maximum Gasteiger partial charge on any atom is 0.240 e. The van der Waals surface area contributed by atoms with Gasteiger partial charge in [-0.15, -0.1) is 0 Å². The molecule has 1 heterocycles. The molecule has 2 aromatic carbocycles. The zero-order valence-electron chi connectivity index (χ0n) is 13.3. The third-order valence-electron chi connectivity index (χ3n) is 3.76. The van der Waals surface area contributed by atoms with E-state index in [2.05, 4.69) is 9.82 Å². The van der Waals surface area contributed by atoms with E-state index in [1.165, 1.54) is 24.3 Å². The van der Waals surface area contributed by atoms with Crippen molar-refractivity contribution in [2.24, 2.45) is 0 Å². The molecule has 3 rings (SSSR count). The van der Waals surface area contributed by atoms with Gasteiger partial charge in [0.25, 0.3) is 0 Å². The zero-order valence-corrected chi connectivity index (χ0v) is 14.1. The molecule has 25 heavy (non-hydrogen) atoms. The van der Waals surface area contributed by atoms with E-state index in [1.54, 1.807) is 10.9 Å². The molecule has 0 radical (unpaired) electrons. The highest BCUT2D eigenvalue weighted by Gasteiger charge is 2.14. The van der Waals surface area contributed by atoms with Gasteiger partial charge in [-0.1, -0.05) is 24.3 Å². The Morgan fingerprint density at radius 3 is 2.40 bits per heavy atom. The Balaban J connectivity index is 1.75. The Morgan fingerprint density at radius 2 is 1.76 bits per heavy atom. The van der Waals surface area contributed by atoms with Gasteiger partial charge in [0.1, 0.15) is 0 Å². The summed E-state index contributed by atoms with van der Waals surface area (Å²) in [5, 5.41) is 13.0. The number of nitrogens with zero attached hydrogens (tertiary/aromatic N) is 3. The van der Waals surface area contributed by atoms with Crippen molar-refractivity contribution in [3.63, 3.8) is 0 Å². The van der Waals surface area contributed by atoms with Crippen LogP contribution in [0, 0.1) is 11.3 Å². The number of benzene rings is 2. The van der Waals surface area contributed by atoms with E-state index < -0.39 is 10.0 Å². The minimum atomic E-state index is -3.64. The molecule has 0 saturated heterocycles. The van der Waals surface area contributed by atoms with Crippen molar-refractivity contribution in [1.29, 1.82) is 5.26 Å². The van der Waals surface area contributed by atoms with Crippen molar-refractivity contribution in [3.05, 3.63) is 83.7 Å². The van der Waals surface area contributed by atoms with Crippen molar-refractivity contribution in [2.75, 3.05) is 0 Å². The number of sulfonamides is 1. The fourth-order valence-electron chi connectivity index (χ4n) is 2.42. The van der Waals surface area contributed by atoms with Crippen LogP contribution in [0.15, 0.2) is 71.9 Å². The number of aromatic nitrogens is 2. The number of rotatable bonds is 6. The van der Waals surface area contributed by atoms with E-state index in [0.29, 0.717) is 12.1 Å². The molecule has 0 aliphatic rings. The standard InChI is InChI=1S/C18H16N4O2S/c19-12-15-6-8-18(9-7-15)25(23,24)21-13-16-4-1-2-5-17(16)14-22-11-3-10-20-22/h1-11,21H,13-14H2. The average Bonchev–Trinajstić information content (AvgIpc) is 3.14. The lowest BCUT2D eigenvalue weighted by Crippen LogP contribution is -2.24. The Hall–Kier alpha value is -2.95. The molecule has 0 atom stereocenters. The number of nitrogens with one attached hydrogen (secondary N) is 1. The smallest absolute Gasteiger partial charge is 0.240 e. The minimum absolute atomic E-state index is 0.135. The first kappa shape index (κ1) is 16.9. The molecule has 0 unspecified atom stereocenters. The van der Waals surface area contributed by atoms with E-state index in [-0.39, 0.29) is 11.4 Å². The van der Waals surface area contributed by atoms with Crippen LogP contribution < -0.4 is 4.72 Å². The van der Waals surface area contributed by atoms with Gasteiger partial charge in [-0.3, -0.25) is 4.68 Å². The summed E-state index contributed by atoms with van der Waals surface area (Å²) in [5.74, 6) is 0. The second-order valence-electron chi connectivity index (χ2n) is 5.43. The number of hydrogen-bond donors (Lipinski definition) is 1. The molecule has 0 aliphatic carbocycles. The van der Waals surface area contributed by atoms with Crippen LogP contribution in [0.4, 0.5) is 0 Å². The van der Waals surface area contributed by atoms with Gasteiger partial charge in [0, 0.05) is 18.9 Å². The molecular weight excluding hydrogens is 336 g/mol. The summed E-state index contributed by atoms with van der Waals surface area (Å²) in [6, 6.07) is 17.3. The molecule has 6 nitrogen and oxygen atoms in total. The monoisotopic (exact) mass is 352 g/mol. The van der Waals surface area contributed by atoms with Gasteiger partial charge in [0.05, 0.1) is 23.1 Å². The van der Waals surface area contributed by atoms with Crippen LogP contribution in [0.2, 0.25) is 0 Å². The van der Waals surface area contributed by atoms with Crippen molar-refractivity contribution in [2.45, 2.75) is 18.0 Å². The lowest BCUT2D eigenvalue weighted by Gasteiger charge is -2.11. The third-order valence-corrected chi connectivity index (χ3v) is 5.17. The van der Waals surface area contributed by atoms with Crippen LogP contribution in [0.1, 0.15) is 16.7 Å². The van der Waals surface area contributed by atoms with Crippen molar-refractivity contribution >= 4 is 10.0 Å². The highest BCUT2D eigenvalue weighted by Crippen LogP contribution is 2.14. The molecule has 0 bridgehead atoms. The summed E-state index contributed by atoms with van der Waals surface area (Å²) in [5.41, 5.74) is 2.30.